The fourth-order valence-electron chi connectivity index (χ4n) is 1.41. The van der Waals surface area contributed by atoms with Crippen LogP contribution in [0.3, 0.4) is 0 Å². The zero-order chi connectivity index (χ0) is 13.1. The number of ether oxygens (including phenoxy) is 2. The summed E-state index contributed by atoms with van der Waals surface area (Å²) in [6.45, 7) is 2.27. The lowest BCUT2D eigenvalue weighted by molar-refractivity contribution is 0.0520. The molecule has 0 saturated heterocycles. The summed E-state index contributed by atoms with van der Waals surface area (Å²) in [4.78, 5) is 16.2. The fourth-order valence-corrected chi connectivity index (χ4v) is 2.28. The highest BCUT2D eigenvalue weighted by Gasteiger charge is 2.22. The summed E-state index contributed by atoms with van der Waals surface area (Å²) in [5, 5.41) is 13.9. The maximum absolute atomic E-state index is 11.6. The van der Waals surface area contributed by atoms with Crippen LogP contribution in [0.4, 0.5) is 0 Å². The number of esters is 1. The molecule has 0 aliphatic rings. The Morgan fingerprint density at radius 2 is 2.39 bits per heavy atom. The van der Waals surface area contributed by atoms with Crippen LogP contribution in [0, 0.1) is 11.3 Å². The first-order valence-electron chi connectivity index (χ1n) is 5.15. The van der Waals surface area contributed by atoms with Crippen molar-refractivity contribution >= 4 is 22.3 Å². The summed E-state index contributed by atoms with van der Waals surface area (Å²) in [6.07, 6.45) is 0. The molecule has 0 aliphatic carbocycles. The SMILES string of the molecule is CCOC(=O)c1nc2sc(COC)nn2c1C#N. The quantitative estimate of drug-likeness (QED) is 0.766. The largest absolute Gasteiger partial charge is 0.461 e. The second-order valence-corrected chi connectivity index (χ2v) is 4.31. The molecule has 2 aromatic heterocycles. The van der Waals surface area contributed by atoms with Gasteiger partial charge in [0.2, 0.25) is 4.96 Å². The van der Waals surface area contributed by atoms with Crippen molar-refractivity contribution in [2.24, 2.45) is 0 Å². The maximum atomic E-state index is 11.6. The van der Waals surface area contributed by atoms with Gasteiger partial charge in [0.05, 0.1) is 13.2 Å². The van der Waals surface area contributed by atoms with E-state index in [1.165, 1.54) is 15.9 Å². The Morgan fingerprint density at radius 1 is 1.61 bits per heavy atom. The van der Waals surface area contributed by atoms with Crippen LogP contribution in [-0.4, -0.2) is 34.3 Å². The van der Waals surface area contributed by atoms with E-state index in [9.17, 15) is 4.79 Å². The molecular weight excluding hydrogens is 256 g/mol. The molecule has 7 nitrogen and oxygen atoms in total. The van der Waals surface area contributed by atoms with Crippen molar-refractivity contribution in [3.05, 3.63) is 16.4 Å². The van der Waals surface area contributed by atoms with E-state index in [2.05, 4.69) is 10.1 Å². The van der Waals surface area contributed by atoms with Crippen LogP contribution in [-0.2, 0) is 16.1 Å². The minimum Gasteiger partial charge on any atom is -0.461 e. The lowest BCUT2D eigenvalue weighted by Gasteiger charge is -1.97. The van der Waals surface area contributed by atoms with E-state index in [4.69, 9.17) is 14.7 Å². The minimum absolute atomic E-state index is 0.00191. The van der Waals surface area contributed by atoms with Gasteiger partial charge in [0, 0.05) is 7.11 Å². The molecule has 0 aromatic carbocycles. The Balaban J connectivity index is 2.48. The molecule has 0 amide bonds. The highest BCUT2D eigenvalue weighted by atomic mass is 32.1. The Hall–Kier alpha value is -1.98. The third-order valence-corrected chi connectivity index (χ3v) is 2.97. The Bertz CT molecular complexity index is 625. The number of nitrogens with zero attached hydrogens (tertiary/aromatic N) is 4. The Morgan fingerprint density at radius 3 is 3.00 bits per heavy atom. The van der Waals surface area contributed by atoms with Crippen LogP contribution in [0.15, 0.2) is 0 Å². The van der Waals surface area contributed by atoms with Gasteiger partial charge in [-0.3, -0.25) is 0 Å². The molecule has 2 rings (SSSR count). The van der Waals surface area contributed by atoms with Crippen molar-refractivity contribution in [3.8, 4) is 6.07 Å². The van der Waals surface area contributed by atoms with Crippen molar-refractivity contribution in [1.82, 2.24) is 14.6 Å². The molecule has 0 radical (unpaired) electrons. The van der Waals surface area contributed by atoms with Gasteiger partial charge >= 0.3 is 5.97 Å². The average Bonchev–Trinajstić information content (AvgIpc) is 2.86. The minimum atomic E-state index is -0.611. The number of carbonyl (C=O) groups excluding carboxylic acids is 1. The van der Waals surface area contributed by atoms with Gasteiger partial charge in [-0.2, -0.15) is 14.9 Å². The van der Waals surface area contributed by atoms with E-state index in [1.807, 2.05) is 6.07 Å². The summed E-state index contributed by atoms with van der Waals surface area (Å²) in [6, 6.07) is 1.92. The Labute approximate surface area is 107 Å². The number of aromatic nitrogens is 3. The van der Waals surface area contributed by atoms with Gasteiger partial charge < -0.3 is 9.47 Å². The molecule has 0 bridgehead atoms. The summed E-state index contributed by atoms with van der Waals surface area (Å²) < 4.78 is 11.1. The number of hydrogen-bond donors (Lipinski definition) is 0. The van der Waals surface area contributed by atoms with Crippen molar-refractivity contribution in [1.29, 1.82) is 5.26 Å². The van der Waals surface area contributed by atoms with Crippen LogP contribution in [0.5, 0.6) is 0 Å². The van der Waals surface area contributed by atoms with Crippen LogP contribution in [0.1, 0.15) is 28.1 Å². The van der Waals surface area contributed by atoms with E-state index in [0.29, 0.717) is 16.6 Å². The van der Waals surface area contributed by atoms with E-state index in [-0.39, 0.29) is 18.0 Å². The van der Waals surface area contributed by atoms with Gasteiger partial charge in [-0.1, -0.05) is 11.3 Å². The fraction of sp³-hybridized carbons (Fsp3) is 0.400. The molecule has 0 N–H and O–H groups in total. The highest BCUT2D eigenvalue weighted by molar-refractivity contribution is 7.16. The summed E-state index contributed by atoms with van der Waals surface area (Å²) >= 11 is 1.26. The van der Waals surface area contributed by atoms with Gasteiger partial charge in [-0.15, -0.1) is 0 Å². The molecule has 2 aromatic rings. The molecule has 0 spiro atoms. The van der Waals surface area contributed by atoms with Crippen molar-refractivity contribution in [2.45, 2.75) is 13.5 Å². The van der Waals surface area contributed by atoms with Gasteiger partial charge in [-0.05, 0) is 6.92 Å². The number of carbonyl (C=O) groups is 1. The first-order valence-corrected chi connectivity index (χ1v) is 5.97. The second kappa shape index (κ2) is 5.12. The zero-order valence-corrected chi connectivity index (χ0v) is 10.7. The molecular formula is C10H10N4O3S. The van der Waals surface area contributed by atoms with E-state index >= 15 is 0 Å². The van der Waals surface area contributed by atoms with Crippen LogP contribution in [0.25, 0.3) is 4.96 Å². The second-order valence-electron chi connectivity index (χ2n) is 3.26. The van der Waals surface area contributed by atoms with Gasteiger partial charge in [0.15, 0.2) is 11.4 Å². The van der Waals surface area contributed by atoms with Crippen molar-refractivity contribution < 1.29 is 14.3 Å². The van der Waals surface area contributed by atoms with E-state index in [0.717, 1.165) is 0 Å². The number of nitriles is 1. The van der Waals surface area contributed by atoms with Crippen LogP contribution >= 0.6 is 11.3 Å². The summed E-state index contributed by atoms with van der Waals surface area (Å²) in [5.74, 6) is -0.611. The first kappa shape index (κ1) is 12.5. The normalized spacial score (nSPS) is 10.5. The molecule has 0 atom stereocenters. The van der Waals surface area contributed by atoms with Gasteiger partial charge in [0.1, 0.15) is 11.1 Å². The molecule has 8 heteroatoms. The zero-order valence-electron chi connectivity index (χ0n) is 9.84. The topological polar surface area (TPSA) is 89.5 Å². The van der Waals surface area contributed by atoms with E-state index < -0.39 is 5.97 Å². The number of imidazole rings is 1. The molecule has 0 aliphatic heterocycles. The third kappa shape index (κ3) is 2.05. The standard InChI is InChI=1S/C10H10N4O3S/c1-3-17-9(15)8-6(4-11)14-10(12-8)18-7(13-14)5-16-2/h3,5H2,1-2H3. The summed E-state index contributed by atoms with van der Waals surface area (Å²) in [7, 11) is 1.55. The van der Waals surface area contributed by atoms with Gasteiger partial charge in [0.25, 0.3) is 0 Å². The molecule has 18 heavy (non-hydrogen) atoms. The predicted octanol–water partition coefficient (Wildman–Crippen LogP) is 0.986. The lowest BCUT2D eigenvalue weighted by Crippen LogP contribution is -2.08. The number of rotatable bonds is 4. The van der Waals surface area contributed by atoms with Crippen molar-refractivity contribution in [3.63, 3.8) is 0 Å². The summed E-state index contributed by atoms with van der Waals surface area (Å²) in [5.41, 5.74) is 0.0871. The van der Waals surface area contributed by atoms with Crippen molar-refractivity contribution in [2.75, 3.05) is 13.7 Å². The predicted molar refractivity (Wildman–Crippen MR) is 62.2 cm³/mol. The molecule has 0 fully saturated rings. The number of fused-ring (bicyclic) bond motifs is 1. The maximum Gasteiger partial charge on any atom is 0.360 e. The molecule has 0 unspecified atom stereocenters. The highest BCUT2D eigenvalue weighted by Crippen LogP contribution is 2.19. The van der Waals surface area contributed by atoms with E-state index in [1.54, 1.807) is 14.0 Å². The average molecular weight is 266 g/mol. The lowest BCUT2D eigenvalue weighted by atomic mass is 10.3. The molecule has 2 heterocycles. The first-order chi connectivity index (χ1) is 8.71. The van der Waals surface area contributed by atoms with Crippen LogP contribution in [0.2, 0.25) is 0 Å². The third-order valence-electron chi connectivity index (χ3n) is 2.09. The monoisotopic (exact) mass is 266 g/mol. The molecule has 0 saturated carbocycles. The smallest absolute Gasteiger partial charge is 0.360 e. The molecule has 94 valence electrons. The van der Waals surface area contributed by atoms with Crippen LogP contribution < -0.4 is 0 Å². The van der Waals surface area contributed by atoms with Gasteiger partial charge in [-0.25, -0.2) is 9.78 Å². The number of methoxy groups -OCH3 is 1. The number of hydrogen-bond acceptors (Lipinski definition) is 7. The Kier molecular flexibility index (Phi) is 3.55.